The van der Waals surface area contributed by atoms with E-state index >= 15 is 0 Å². The average Bonchev–Trinajstić information content (AvgIpc) is 2.70. The van der Waals surface area contributed by atoms with E-state index in [-0.39, 0.29) is 5.75 Å². The number of para-hydroxylation sites is 1. The molecule has 5 nitrogen and oxygen atoms in total. The van der Waals surface area contributed by atoms with E-state index in [1.807, 2.05) is 13.0 Å². The molecule has 1 aliphatic heterocycles. The van der Waals surface area contributed by atoms with Crippen LogP contribution in [0.4, 0.5) is 10.1 Å². The molecule has 1 aliphatic rings. The van der Waals surface area contributed by atoms with Crippen LogP contribution < -0.4 is 15.5 Å². The molecule has 0 aromatic heterocycles. The van der Waals surface area contributed by atoms with Crippen molar-refractivity contribution in [2.24, 2.45) is 4.99 Å². The molecule has 144 valence electrons. The molecule has 2 aromatic carbocycles. The van der Waals surface area contributed by atoms with Gasteiger partial charge in [-0.2, -0.15) is 0 Å². The van der Waals surface area contributed by atoms with Crippen molar-refractivity contribution in [3.05, 3.63) is 59.9 Å². The number of rotatable bonds is 5. The fourth-order valence-corrected chi connectivity index (χ4v) is 3.30. The lowest BCUT2D eigenvalue weighted by molar-refractivity contribution is 0.432. The quantitative estimate of drug-likeness (QED) is 0.559. The topological polar surface area (TPSA) is 59.9 Å². The highest BCUT2D eigenvalue weighted by atomic mass is 19.1. The Morgan fingerprint density at radius 3 is 2.81 bits per heavy atom. The summed E-state index contributed by atoms with van der Waals surface area (Å²) in [6.07, 6.45) is 2.21. The Kier molecular flexibility index (Phi) is 6.52. The van der Waals surface area contributed by atoms with E-state index in [1.165, 1.54) is 17.8 Å². The molecular formula is C21H27FN4O. The molecule has 3 rings (SSSR count). The SMILES string of the molecule is CCNC(=NCc1ccc(O)c(F)c1)NC1CCCN(c2ccccc2)C1. The second kappa shape index (κ2) is 9.26. The van der Waals surface area contributed by atoms with E-state index in [2.05, 4.69) is 44.8 Å². The number of hydrogen-bond donors (Lipinski definition) is 3. The number of aromatic hydroxyl groups is 1. The predicted octanol–water partition coefficient (Wildman–Crippen LogP) is 3.26. The lowest BCUT2D eigenvalue weighted by atomic mass is 10.1. The van der Waals surface area contributed by atoms with Gasteiger partial charge < -0.3 is 20.6 Å². The number of anilines is 1. The molecule has 1 unspecified atom stereocenters. The third kappa shape index (κ3) is 5.36. The summed E-state index contributed by atoms with van der Waals surface area (Å²) in [4.78, 5) is 6.96. The molecule has 0 saturated carbocycles. The number of phenolic OH excluding ortho intramolecular Hbond substituents is 1. The summed E-state index contributed by atoms with van der Waals surface area (Å²) in [6.45, 7) is 5.10. The van der Waals surface area contributed by atoms with Gasteiger partial charge in [-0.25, -0.2) is 9.38 Å². The van der Waals surface area contributed by atoms with Crippen molar-refractivity contribution in [1.29, 1.82) is 0 Å². The van der Waals surface area contributed by atoms with Gasteiger partial charge in [-0.15, -0.1) is 0 Å². The first-order valence-electron chi connectivity index (χ1n) is 9.48. The number of halogens is 1. The first-order chi connectivity index (χ1) is 13.2. The van der Waals surface area contributed by atoms with Crippen LogP contribution in [0.3, 0.4) is 0 Å². The van der Waals surface area contributed by atoms with Crippen molar-refractivity contribution < 1.29 is 9.50 Å². The summed E-state index contributed by atoms with van der Waals surface area (Å²) >= 11 is 0. The predicted molar refractivity (Wildman–Crippen MR) is 108 cm³/mol. The highest BCUT2D eigenvalue weighted by molar-refractivity contribution is 5.80. The normalized spacial score (nSPS) is 17.6. The first kappa shape index (κ1) is 19.0. The molecule has 1 fully saturated rings. The van der Waals surface area contributed by atoms with E-state index < -0.39 is 5.82 Å². The van der Waals surface area contributed by atoms with Crippen molar-refractivity contribution in [2.45, 2.75) is 32.4 Å². The van der Waals surface area contributed by atoms with Crippen LogP contribution >= 0.6 is 0 Å². The summed E-state index contributed by atoms with van der Waals surface area (Å²) in [5.41, 5.74) is 1.96. The minimum absolute atomic E-state index is 0.299. The van der Waals surface area contributed by atoms with Gasteiger partial charge in [0.2, 0.25) is 0 Å². The fourth-order valence-electron chi connectivity index (χ4n) is 3.30. The lowest BCUT2D eigenvalue weighted by Crippen LogP contribution is -2.51. The van der Waals surface area contributed by atoms with Crippen molar-refractivity contribution in [3.8, 4) is 5.75 Å². The molecule has 2 aromatic rings. The first-order valence-corrected chi connectivity index (χ1v) is 9.48. The number of piperidine rings is 1. The second-order valence-electron chi connectivity index (χ2n) is 6.75. The van der Waals surface area contributed by atoms with Gasteiger partial charge >= 0.3 is 0 Å². The summed E-state index contributed by atoms with van der Waals surface area (Å²) in [7, 11) is 0. The van der Waals surface area contributed by atoms with Crippen LogP contribution in [-0.2, 0) is 6.54 Å². The molecule has 0 bridgehead atoms. The Bertz CT molecular complexity index is 766. The van der Waals surface area contributed by atoms with Gasteiger partial charge in [0.15, 0.2) is 17.5 Å². The molecule has 1 atom stereocenters. The van der Waals surface area contributed by atoms with E-state index in [4.69, 9.17) is 0 Å². The van der Waals surface area contributed by atoms with Crippen LogP contribution in [0.1, 0.15) is 25.3 Å². The van der Waals surface area contributed by atoms with E-state index in [9.17, 15) is 9.50 Å². The summed E-state index contributed by atoms with van der Waals surface area (Å²) in [5.74, 6) is -0.228. The molecule has 27 heavy (non-hydrogen) atoms. The van der Waals surface area contributed by atoms with Crippen LogP contribution in [0.15, 0.2) is 53.5 Å². The zero-order valence-electron chi connectivity index (χ0n) is 15.7. The van der Waals surface area contributed by atoms with Crippen molar-refractivity contribution in [1.82, 2.24) is 10.6 Å². The molecule has 0 spiro atoms. The van der Waals surface area contributed by atoms with Gasteiger partial charge in [-0.05, 0) is 49.6 Å². The number of benzene rings is 2. The van der Waals surface area contributed by atoms with Crippen molar-refractivity contribution in [2.75, 3.05) is 24.5 Å². The molecule has 1 heterocycles. The summed E-state index contributed by atoms with van der Waals surface area (Å²) in [5, 5.41) is 16.1. The maximum absolute atomic E-state index is 13.5. The number of guanidine groups is 1. The fraction of sp³-hybridized carbons (Fsp3) is 0.381. The highest BCUT2D eigenvalue weighted by Crippen LogP contribution is 2.19. The van der Waals surface area contributed by atoms with Gasteiger partial charge in [0.05, 0.1) is 6.54 Å². The highest BCUT2D eigenvalue weighted by Gasteiger charge is 2.20. The van der Waals surface area contributed by atoms with Gasteiger partial charge in [0.1, 0.15) is 0 Å². The van der Waals surface area contributed by atoms with Crippen molar-refractivity contribution >= 4 is 11.6 Å². The van der Waals surface area contributed by atoms with Crippen LogP contribution in [0, 0.1) is 5.82 Å². The zero-order chi connectivity index (χ0) is 19.1. The Balaban J connectivity index is 1.63. The minimum atomic E-state index is -0.619. The largest absolute Gasteiger partial charge is 0.505 e. The molecular weight excluding hydrogens is 343 g/mol. The van der Waals surface area contributed by atoms with Crippen molar-refractivity contribution in [3.63, 3.8) is 0 Å². The standard InChI is InChI=1S/C21H27FN4O/c1-2-23-21(24-14-16-10-11-20(27)19(22)13-16)25-17-7-6-12-26(15-17)18-8-4-3-5-9-18/h3-5,8-11,13,17,27H,2,6-7,12,14-15H2,1H3,(H2,23,24,25). The lowest BCUT2D eigenvalue weighted by Gasteiger charge is -2.35. The average molecular weight is 370 g/mol. The molecule has 3 N–H and O–H groups in total. The zero-order valence-corrected chi connectivity index (χ0v) is 15.7. The Morgan fingerprint density at radius 2 is 2.07 bits per heavy atom. The smallest absolute Gasteiger partial charge is 0.191 e. The Hall–Kier alpha value is -2.76. The second-order valence-corrected chi connectivity index (χ2v) is 6.75. The third-order valence-electron chi connectivity index (χ3n) is 4.66. The maximum Gasteiger partial charge on any atom is 0.191 e. The van der Waals surface area contributed by atoms with Crippen LogP contribution in [0.2, 0.25) is 0 Å². The Labute approximate surface area is 159 Å². The van der Waals surface area contributed by atoms with Crippen LogP contribution in [0.25, 0.3) is 0 Å². The monoisotopic (exact) mass is 370 g/mol. The van der Waals surface area contributed by atoms with E-state index in [0.29, 0.717) is 12.6 Å². The number of aliphatic imine (C=N–C) groups is 1. The number of phenols is 1. The summed E-state index contributed by atoms with van der Waals surface area (Å²) in [6, 6.07) is 15.1. The van der Waals surface area contributed by atoms with Crippen LogP contribution in [-0.4, -0.2) is 36.7 Å². The third-order valence-corrected chi connectivity index (χ3v) is 4.66. The molecule has 0 amide bonds. The van der Waals surface area contributed by atoms with Gasteiger partial charge in [-0.1, -0.05) is 24.3 Å². The summed E-state index contributed by atoms with van der Waals surface area (Å²) < 4.78 is 13.5. The van der Waals surface area contributed by atoms with E-state index in [1.54, 1.807) is 6.07 Å². The van der Waals surface area contributed by atoms with Crippen LogP contribution in [0.5, 0.6) is 5.75 Å². The minimum Gasteiger partial charge on any atom is -0.505 e. The molecule has 1 saturated heterocycles. The number of nitrogens with one attached hydrogen (secondary N) is 2. The van der Waals surface area contributed by atoms with Gasteiger partial charge in [-0.3, -0.25) is 0 Å². The van der Waals surface area contributed by atoms with Gasteiger partial charge in [0.25, 0.3) is 0 Å². The number of hydrogen-bond acceptors (Lipinski definition) is 3. The Morgan fingerprint density at radius 1 is 1.26 bits per heavy atom. The van der Waals surface area contributed by atoms with Gasteiger partial charge in [0, 0.05) is 31.4 Å². The molecule has 0 aliphatic carbocycles. The molecule has 6 heteroatoms. The number of nitrogens with zero attached hydrogens (tertiary/aromatic N) is 2. The maximum atomic E-state index is 13.5. The molecule has 0 radical (unpaired) electrons. The van der Waals surface area contributed by atoms with E-state index in [0.717, 1.165) is 44.0 Å².